The van der Waals surface area contributed by atoms with Gasteiger partial charge in [-0.2, -0.15) is 0 Å². The Morgan fingerprint density at radius 1 is 0.852 bits per heavy atom. The number of carbonyl (C=O) groups is 2. The molecule has 0 saturated heterocycles. The van der Waals surface area contributed by atoms with E-state index in [2.05, 4.69) is 0 Å². The van der Waals surface area contributed by atoms with Gasteiger partial charge in [-0.1, -0.05) is 44.2 Å². The highest BCUT2D eigenvalue weighted by atomic mass is 32.2. The lowest BCUT2D eigenvalue weighted by Crippen LogP contribution is -2.43. The number of ketones is 2. The first-order valence-electron chi connectivity index (χ1n) is 9.31. The van der Waals surface area contributed by atoms with Gasteiger partial charge in [-0.05, 0) is 59.4 Å². The minimum Gasteiger partial charge on any atom is -0.612 e. The van der Waals surface area contributed by atoms with Gasteiger partial charge in [0, 0.05) is 17.8 Å². The summed E-state index contributed by atoms with van der Waals surface area (Å²) in [6, 6.07) is 13.4. The van der Waals surface area contributed by atoms with Gasteiger partial charge in [-0.3, -0.25) is 9.59 Å². The third kappa shape index (κ3) is 3.48. The number of carbonyl (C=O) groups excluding carboxylic acids is 2. The van der Waals surface area contributed by atoms with E-state index in [1.54, 1.807) is 6.26 Å². The molecule has 3 unspecified atom stereocenters. The molecule has 0 aliphatic heterocycles. The third-order valence-electron chi connectivity index (χ3n) is 5.97. The van der Waals surface area contributed by atoms with Gasteiger partial charge in [0.15, 0.2) is 16.5 Å². The minimum atomic E-state index is -1.04. The summed E-state index contributed by atoms with van der Waals surface area (Å²) in [6.07, 6.45) is 1.64. The first kappa shape index (κ1) is 19.8. The standard InChI is InChI=1S/C23H26O3S/c1-13-7-6-8-14(2)19(13)21-22(24)15(3)20(16(4)23(21)25)17-9-11-18(12-10-17)27(5)26/h6-12,15-16,20-21H,1-5H3. The van der Waals surface area contributed by atoms with Crippen LogP contribution in [0.1, 0.15) is 47.9 Å². The van der Waals surface area contributed by atoms with E-state index in [4.69, 9.17) is 0 Å². The van der Waals surface area contributed by atoms with Crippen LogP contribution < -0.4 is 0 Å². The maximum Gasteiger partial charge on any atom is 0.152 e. The Labute approximate surface area is 164 Å². The van der Waals surface area contributed by atoms with Crippen LogP contribution in [0.4, 0.5) is 0 Å². The molecule has 1 aliphatic carbocycles. The number of hydrogen-bond acceptors (Lipinski definition) is 3. The van der Waals surface area contributed by atoms with Crippen molar-refractivity contribution in [3.05, 3.63) is 64.7 Å². The Morgan fingerprint density at radius 3 is 1.78 bits per heavy atom. The van der Waals surface area contributed by atoms with Crippen molar-refractivity contribution in [1.82, 2.24) is 0 Å². The van der Waals surface area contributed by atoms with Crippen LogP contribution >= 0.6 is 0 Å². The van der Waals surface area contributed by atoms with E-state index >= 15 is 0 Å². The van der Waals surface area contributed by atoms with Crippen LogP contribution in [0.5, 0.6) is 0 Å². The summed E-state index contributed by atoms with van der Waals surface area (Å²) >= 11 is -1.04. The molecule has 2 aromatic rings. The molecule has 4 heteroatoms. The molecule has 142 valence electrons. The van der Waals surface area contributed by atoms with Crippen molar-refractivity contribution in [1.29, 1.82) is 0 Å². The van der Waals surface area contributed by atoms with E-state index in [0.29, 0.717) is 0 Å². The Balaban J connectivity index is 2.00. The van der Waals surface area contributed by atoms with Gasteiger partial charge in [0.05, 0.1) is 0 Å². The largest absolute Gasteiger partial charge is 0.612 e. The van der Waals surface area contributed by atoms with Gasteiger partial charge in [0.1, 0.15) is 12.2 Å². The molecule has 0 bridgehead atoms. The van der Waals surface area contributed by atoms with E-state index in [0.717, 1.165) is 27.1 Å². The van der Waals surface area contributed by atoms with E-state index in [9.17, 15) is 14.1 Å². The van der Waals surface area contributed by atoms with Crippen LogP contribution in [0, 0.1) is 25.7 Å². The Bertz CT molecular complexity index is 827. The maximum absolute atomic E-state index is 13.3. The molecule has 0 heterocycles. The van der Waals surface area contributed by atoms with Crippen LogP contribution in [0.3, 0.4) is 0 Å². The summed E-state index contributed by atoms with van der Waals surface area (Å²) in [5, 5.41) is 0. The highest BCUT2D eigenvalue weighted by molar-refractivity contribution is 7.90. The molecule has 3 rings (SSSR count). The average molecular weight is 383 g/mol. The second-order valence-electron chi connectivity index (χ2n) is 7.67. The number of rotatable bonds is 3. The molecule has 3 nitrogen and oxygen atoms in total. The van der Waals surface area contributed by atoms with Crippen LogP contribution in [0.15, 0.2) is 47.4 Å². The van der Waals surface area contributed by atoms with E-state index in [1.807, 2.05) is 70.2 Å². The predicted molar refractivity (Wildman–Crippen MR) is 109 cm³/mol. The highest BCUT2D eigenvalue weighted by Crippen LogP contribution is 2.44. The van der Waals surface area contributed by atoms with Gasteiger partial charge < -0.3 is 4.55 Å². The van der Waals surface area contributed by atoms with Crippen LogP contribution in [-0.2, 0) is 20.8 Å². The molecule has 0 amide bonds. The summed E-state index contributed by atoms with van der Waals surface area (Å²) in [4.78, 5) is 27.3. The molecule has 0 radical (unpaired) electrons. The Morgan fingerprint density at radius 2 is 1.33 bits per heavy atom. The molecule has 27 heavy (non-hydrogen) atoms. The molecular formula is C23H26O3S. The first-order chi connectivity index (χ1) is 12.7. The summed E-state index contributed by atoms with van der Waals surface area (Å²) in [5.74, 6) is -1.31. The van der Waals surface area contributed by atoms with Gasteiger partial charge in [0.2, 0.25) is 0 Å². The van der Waals surface area contributed by atoms with Crippen LogP contribution in [0.2, 0.25) is 0 Å². The quantitative estimate of drug-likeness (QED) is 0.586. The Kier molecular flexibility index (Phi) is 5.59. The third-order valence-corrected chi connectivity index (χ3v) is 6.91. The summed E-state index contributed by atoms with van der Waals surface area (Å²) < 4.78 is 11.6. The topological polar surface area (TPSA) is 57.2 Å². The zero-order chi connectivity index (χ0) is 19.9. The summed E-state index contributed by atoms with van der Waals surface area (Å²) in [5.41, 5.74) is 3.83. The molecule has 1 aliphatic rings. The van der Waals surface area contributed by atoms with Crippen molar-refractivity contribution in [2.24, 2.45) is 11.8 Å². The minimum absolute atomic E-state index is 0.00337. The van der Waals surface area contributed by atoms with Crippen molar-refractivity contribution >= 4 is 22.7 Å². The van der Waals surface area contributed by atoms with Gasteiger partial charge in [-0.15, -0.1) is 0 Å². The fourth-order valence-electron chi connectivity index (χ4n) is 4.48. The summed E-state index contributed by atoms with van der Waals surface area (Å²) in [7, 11) is 0. The lowest BCUT2D eigenvalue weighted by molar-refractivity contribution is -0.138. The average Bonchev–Trinajstić information content (AvgIpc) is 2.63. The van der Waals surface area contributed by atoms with Crippen molar-refractivity contribution in [3.8, 4) is 0 Å². The zero-order valence-electron chi connectivity index (χ0n) is 16.5. The Hall–Kier alpha value is -1.91. The number of Topliss-reactive ketones (excluding diaryl/α,β-unsaturated/α-hetero) is 2. The van der Waals surface area contributed by atoms with Crippen LogP contribution in [-0.4, -0.2) is 22.4 Å². The lowest BCUT2D eigenvalue weighted by atomic mass is 9.63. The fraction of sp³-hybridized carbons (Fsp3) is 0.391. The molecule has 1 fully saturated rings. The normalized spacial score (nSPS) is 26.9. The smallest absolute Gasteiger partial charge is 0.152 e. The van der Waals surface area contributed by atoms with E-state index in [1.165, 1.54) is 0 Å². The zero-order valence-corrected chi connectivity index (χ0v) is 17.3. The van der Waals surface area contributed by atoms with Gasteiger partial charge >= 0.3 is 0 Å². The van der Waals surface area contributed by atoms with Crippen molar-refractivity contribution < 1.29 is 14.1 Å². The maximum atomic E-state index is 13.3. The van der Waals surface area contributed by atoms with E-state index < -0.39 is 17.1 Å². The SMILES string of the molecule is Cc1cccc(C)c1C1C(=O)C(C)C(c2ccc([S+](C)[O-])cc2)C(C)C1=O. The molecule has 3 atom stereocenters. The van der Waals surface area contributed by atoms with Gasteiger partial charge in [0.25, 0.3) is 0 Å². The molecule has 0 spiro atoms. The summed E-state index contributed by atoms with van der Waals surface area (Å²) in [6.45, 7) is 7.80. The highest BCUT2D eigenvalue weighted by Gasteiger charge is 2.47. The van der Waals surface area contributed by atoms with Crippen molar-refractivity contribution in [3.63, 3.8) is 0 Å². The molecule has 0 N–H and O–H groups in total. The van der Waals surface area contributed by atoms with E-state index in [-0.39, 0.29) is 29.3 Å². The molecule has 2 aromatic carbocycles. The molecule has 0 aromatic heterocycles. The van der Waals surface area contributed by atoms with Crippen LogP contribution in [0.25, 0.3) is 0 Å². The van der Waals surface area contributed by atoms with Crippen molar-refractivity contribution in [2.75, 3.05) is 6.26 Å². The second-order valence-corrected chi connectivity index (χ2v) is 9.05. The second kappa shape index (κ2) is 7.61. The molecular weight excluding hydrogens is 356 g/mol. The lowest BCUT2D eigenvalue weighted by Gasteiger charge is -2.38. The van der Waals surface area contributed by atoms with Gasteiger partial charge in [-0.25, -0.2) is 0 Å². The van der Waals surface area contributed by atoms with Crippen molar-refractivity contribution in [2.45, 2.75) is 44.4 Å². The number of aryl methyl sites for hydroxylation is 2. The number of benzene rings is 2. The molecule has 1 saturated carbocycles. The monoisotopic (exact) mass is 382 g/mol. The number of hydrogen-bond donors (Lipinski definition) is 0. The first-order valence-corrected chi connectivity index (χ1v) is 10.9. The predicted octanol–water partition coefficient (Wildman–Crippen LogP) is 4.33. The fourth-order valence-corrected chi connectivity index (χ4v) is 5.00.